The van der Waals surface area contributed by atoms with E-state index in [1.807, 2.05) is 32.0 Å². The SMILES string of the molecule is CC(=O)c1cc(C#N)c(-c2cc(C)ccc2C)[nH]1. The van der Waals surface area contributed by atoms with E-state index in [0.717, 1.165) is 22.4 Å². The number of aromatic amines is 1. The van der Waals surface area contributed by atoms with Crippen molar-refractivity contribution in [3.63, 3.8) is 0 Å². The van der Waals surface area contributed by atoms with Crippen molar-refractivity contribution < 1.29 is 4.79 Å². The number of nitrogens with one attached hydrogen (secondary N) is 1. The molecule has 1 aromatic carbocycles. The second-order valence-electron chi connectivity index (χ2n) is 4.46. The number of rotatable bonds is 2. The Bertz CT molecular complexity index is 660. The maximum Gasteiger partial charge on any atom is 0.175 e. The van der Waals surface area contributed by atoms with Crippen molar-refractivity contribution in [2.45, 2.75) is 20.8 Å². The number of Topliss-reactive ketones (excluding diaryl/α,β-unsaturated/α-hetero) is 1. The number of aryl methyl sites for hydroxylation is 2. The van der Waals surface area contributed by atoms with E-state index in [1.165, 1.54) is 6.92 Å². The molecule has 0 bridgehead atoms. The van der Waals surface area contributed by atoms with Crippen LogP contribution in [0.1, 0.15) is 34.1 Å². The minimum atomic E-state index is -0.0666. The summed E-state index contributed by atoms with van der Waals surface area (Å²) in [7, 11) is 0. The zero-order chi connectivity index (χ0) is 13.3. The summed E-state index contributed by atoms with van der Waals surface area (Å²) >= 11 is 0. The van der Waals surface area contributed by atoms with Crippen LogP contribution in [0.2, 0.25) is 0 Å². The molecule has 0 saturated carbocycles. The zero-order valence-electron chi connectivity index (χ0n) is 10.7. The molecule has 1 aromatic heterocycles. The number of carbonyl (C=O) groups is 1. The highest BCUT2D eigenvalue weighted by molar-refractivity contribution is 5.94. The van der Waals surface area contributed by atoms with Crippen LogP contribution in [0.25, 0.3) is 11.3 Å². The molecule has 0 saturated heterocycles. The number of aromatic nitrogens is 1. The maximum atomic E-state index is 11.4. The number of hydrogen-bond donors (Lipinski definition) is 1. The average Bonchev–Trinajstić information content (AvgIpc) is 2.76. The molecular formula is C15H14N2O. The minimum absolute atomic E-state index is 0.0666. The predicted molar refractivity (Wildman–Crippen MR) is 70.4 cm³/mol. The molecular weight excluding hydrogens is 224 g/mol. The minimum Gasteiger partial charge on any atom is -0.351 e. The van der Waals surface area contributed by atoms with E-state index in [1.54, 1.807) is 6.07 Å². The lowest BCUT2D eigenvalue weighted by Gasteiger charge is -2.05. The summed E-state index contributed by atoms with van der Waals surface area (Å²) in [6.45, 7) is 5.48. The summed E-state index contributed by atoms with van der Waals surface area (Å²) in [6, 6.07) is 9.80. The molecule has 90 valence electrons. The van der Waals surface area contributed by atoms with Gasteiger partial charge in [0.25, 0.3) is 0 Å². The first-order valence-electron chi connectivity index (χ1n) is 5.74. The van der Waals surface area contributed by atoms with Gasteiger partial charge < -0.3 is 4.98 Å². The number of hydrogen-bond acceptors (Lipinski definition) is 2. The molecule has 0 aliphatic carbocycles. The van der Waals surface area contributed by atoms with Crippen LogP contribution in [-0.2, 0) is 0 Å². The third-order valence-corrected chi connectivity index (χ3v) is 2.98. The van der Waals surface area contributed by atoms with E-state index in [4.69, 9.17) is 5.26 Å². The zero-order valence-corrected chi connectivity index (χ0v) is 10.7. The van der Waals surface area contributed by atoms with Crippen LogP contribution in [0.15, 0.2) is 24.3 Å². The van der Waals surface area contributed by atoms with Crippen LogP contribution in [-0.4, -0.2) is 10.8 Å². The second kappa shape index (κ2) is 4.50. The van der Waals surface area contributed by atoms with Crippen molar-refractivity contribution in [1.82, 2.24) is 4.98 Å². The molecule has 0 amide bonds. The van der Waals surface area contributed by atoms with E-state index >= 15 is 0 Å². The molecule has 0 atom stereocenters. The number of H-pyrrole nitrogens is 1. The van der Waals surface area contributed by atoms with Gasteiger partial charge in [0.2, 0.25) is 0 Å². The summed E-state index contributed by atoms with van der Waals surface area (Å²) < 4.78 is 0. The van der Waals surface area contributed by atoms with Crippen LogP contribution in [0, 0.1) is 25.2 Å². The Morgan fingerprint density at radius 1 is 1.28 bits per heavy atom. The first-order valence-corrected chi connectivity index (χ1v) is 5.74. The molecule has 1 heterocycles. The second-order valence-corrected chi connectivity index (χ2v) is 4.46. The highest BCUT2D eigenvalue weighted by atomic mass is 16.1. The van der Waals surface area contributed by atoms with Gasteiger partial charge in [-0.3, -0.25) is 4.79 Å². The molecule has 3 heteroatoms. The Morgan fingerprint density at radius 3 is 2.61 bits per heavy atom. The summed E-state index contributed by atoms with van der Waals surface area (Å²) in [5, 5.41) is 9.15. The van der Waals surface area contributed by atoms with Crippen molar-refractivity contribution >= 4 is 5.78 Å². The maximum absolute atomic E-state index is 11.4. The average molecular weight is 238 g/mol. The van der Waals surface area contributed by atoms with Crippen molar-refractivity contribution in [3.8, 4) is 17.3 Å². The Kier molecular flexibility index (Phi) is 3.03. The number of carbonyl (C=O) groups excluding carboxylic acids is 1. The summed E-state index contributed by atoms with van der Waals surface area (Å²) in [4.78, 5) is 14.4. The number of nitrogens with zero attached hydrogens (tertiary/aromatic N) is 1. The fourth-order valence-corrected chi connectivity index (χ4v) is 1.95. The van der Waals surface area contributed by atoms with Gasteiger partial charge in [-0.2, -0.15) is 5.26 Å². The van der Waals surface area contributed by atoms with Crippen LogP contribution < -0.4 is 0 Å². The number of nitriles is 1. The quantitative estimate of drug-likeness (QED) is 0.815. The third-order valence-electron chi connectivity index (χ3n) is 2.98. The van der Waals surface area contributed by atoms with E-state index in [9.17, 15) is 4.79 Å². The first-order chi connectivity index (χ1) is 8.52. The van der Waals surface area contributed by atoms with E-state index in [2.05, 4.69) is 11.1 Å². The van der Waals surface area contributed by atoms with Gasteiger partial charge in [-0.1, -0.05) is 17.7 Å². The Balaban J connectivity index is 2.67. The molecule has 18 heavy (non-hydrogen) atoms. The van der Waals surface area contributed by atoms with Gasteiger partial charge >= 0.3 is 0 Å². The van der Waals surface area contributed by atoms with Crippen LogP contribution >= 0.6 is 0 Å². The van der Waals surface area contributed by atoms with E-state index in [0.29, 0.717) is 11.3 Å². The summed E-state index contributed by atoms with van der Waals surface area (Å²) in [6.07, 6.45) is 0. The molecule has 0 radical (unpaired) electrons. The molecule has 0 fully saturated rings. The van der Waals surface area contributed by atoms with Gasteiger partial charge in [-0.15, -0.1) is 0 Å². The van der Waals surface area contributed by atoms with Crippen molar-refractivity contribution in [2.24, 2.45) is 0 Å². The fraction of sp³-hybridized carbons (Fsp3) is 0.200. The Hall–Kier alpha value is -2.34. The molecule has 1 N–H and O–H groups in total. The molecule has 0 spiro atoms. The number of benzene rings is 1. The van der Waals surface area contributed by atoms with Crippen molar-refractivity contribution in [1.29, 1.82) is 5.26 Å². The third kappa shape index (κ3) is 2.05. The van der Waals surface area contributed by atoms with Gasteiger partial charge in [0.05, 0.1) is 17.0 Å². The van der Waals surface area contributed by atoms with E-state index < -0.39 is 0 Å². The van der Waals surface area contributed by atoms with Gasteiger partial charge in [-0.25, -0.2) is 0 Å². The fourth-order valence-electron chi connectivity index (χ4n) is 1.95. The van der Waals surface area contributed by atoms with Crippen molar-refractivity contribution in [3.05, 3.63) is 46.6 Å². The highest BCUT2D eigenvalue weighted by Gasteiger charge is 2.14. The molecule has 0 aliphatic heterocycles. The first kappa shape index (κ1) is 12.1. The molecule has 0 aliphatic rings. The number of ketones is 1. The molecule has 3 nitrogen and oxygen atoms in total. The highest BCUT2D eigenvalue weighted by Crippen LogP contribution is 2.27. The van der Waals surface area contributed by atoms with Gasteiger partial charge in [-0.05, 0) is 31.5 Å². The van der Waals surface area contributed by atoms with Crippen LogP contribution in [0.4, 0.5) is 0 Å². The topological polar surface area (TPSA) is 56.6 Å². The largest absolute Gasteiger partial charge is 0.351 e. The van der Waals surface area contributed by atoms with Crippen molar-refractivity contribution in [2.75, 3.05) is 0 Å². The van der Waals surface area contributed by atoms with Gasteiger partial charge in [0, 0.05) is 12.5 Å². The lowest BCUT2D eigenvalue weighted by atomic mass is 10.0. The summed E-state index contributed by atoms with van der Waals surface area (Å²) in [5.41, 5.74) is 4.88. The molecule has 2 rings (SSSR count). The monoisotopic (exact) mass is 238 g/mol. The lowest BCUT2D eigenvalue weighted by molar-refractivity contribution is 0.101. The van der Waals surface area contributed by atoms with Gasteiger partial charge in [0.1, 0.15) is 6.07 Å². The normalized spacial score (nSPS) is 10.1. The van der Waals surface area contributed by atoms with Crippen LogP contribution in [0.5, 0.6) is 0 Å². The van der Waals surface area contributed by atoms with Crippen LogP contribution in [0.3, 0.4) is 0 Å². The Labute approximate surface area is 106 Å². The smallest absolute Gasteiger partial charge is 0.175 e. The molecule has 2 aromatic rings. The molecule has 0 unspecified atom stereocenters. The van der Waals surface area contributed by atoms with Gasteiger partial charge in [0.15, 0.2) is 5.78 Å². The Morgan fingerprint density at radius 2 is 2.00 bits per heavy atom. The van der Waals surface area contributed by atoms with E-state index in [-0.39, 0.29) is 5.78 Å². The predicted octanol–water partition coefficient (Wildman–Crippen LogP) is 3.37. The standard InChI is InChI=1S/C15H14N2O/c1-9-4-5-10(2)13(6-9)15-12(8-16)7-14(17-15)11(3)18/h4-7,17H,1-3H3. The lowest BCUT2D eigenvalue weighted by Crippen LogP contribution is -1.92. The summed E-state index contributed by atoms with van der Waals surface area (Å²) in [5.74, 6) is -0.0666.